The van der Waals surface area contributed by atoms with Gasteiger partial charge < -0.3 is 9.40 Å². The zero-order chi connectivity index (χ0) is 14.1. The van der Waals surface area contributed by atoms with E-state index >= 15 is 0 Å². The van der Waals surface area contributed by atoms with Crippen molar-refractivity contribution in [2.24, 2.45) is 0 Å². The number of thiophene rings is 1. The second kappa shape index (κ2) is 5.18. The van der Waals surface area contributed by atoms with E-state index < -0.39 is 0 Å². The molecule has 0 aliphatic rings. The number of aromatic amines is 1. The molecule has 104 valence electrons. The van der Waals surface area contributed by atoms with Crippen molar-refractivity contribution in [3.05, 3.63) is 59.4 Å². The average molecular weight is 295 g/mol. The Bertz CT molecular complexity index is 861. The summed E-state index contributed by atoms with van der Waals surface area (Å²) in [6.07, 6.45) is 3.69. The van der Waals surface area contributed by atoms with Crippen LogP contribution in [0.15, 0.2) is 52.4 Å². The van der Waals surface area contributed by atoms with Crippen LogP contribution < -0.4 is 0 Å². The van der Waals surface area contributed by atoms with E-state index in [1.807, 2.05) is 23.6 Å². The molecule has 4 nitrogen and oxygen atoms in total. The molecule has 21 heavy (non-hydrogen) atoms. The molecule has 0 fully saturated rings. The maximum Gasteiger partial charge on any atom is 0.257 e. The van der Waals surface area contributed by atoms with Gasteiger partial charge in [0.1, 0.15) is 0 Å². The van der Waals surface area contributed by atoms with Crippen molar-refractivity contribution in [1.82, 2.24) is 15.2 Å². The van der Waals surface area contributed by atoms with Crippen LogP contribution in [-0.2, 0) is 12.8 Å². The molecule has 0 unspecified atom stereocenters. The van der Waals surface area contributed by atoms with Crippen molar-refractivity contribution in [1.29, 1.82) is 0 Å². The van der Waals surface area contributed by atoms with Crippen LogP contribution >= 0.6 is 11.3 Å². The number of benzene rings is 1. The third kappa shape index (κ3) is 2.36. The number of rotatable bonds is 4. The van der Waals surface area contributed by atoms with Crippen LogP contribution in [0.3, 0.4) is 0 Å². The smallest absolute Gasteiger partial charge is 0.257 e. The van der Waals surface area contributed by atoms with Gasteiger partial charge in [0, 0.05) is 23.5 Å². The molecule has 1 N–H and O–H groups in total. The van der Waals surface area contributed by atoms with Gasteiger partial charge in [0.15, 0.2) is 0 Å². The Hall–Kier alpha value is -2.40. The highest BCUT2D eigenvalue weighted by atomic mass is 32.1. The summed E-state index contributed by atoms with van der Waals surface area (Å²) in [5, 5.41) is 11.5. The predicted molar refractivity (Wildman–Crippen MR) is 83.3 cm³/mol. The molecule has 0 atom stereocenters. The van der Waals surface area contributed by atoms with Gasteiger partial charge in [0.05, 0.1) is 4.88 Å². The Kier molecular flexibility index (Phi) is 3.05. The second-order valence-electron chi connectivity index (χ2n) is 4.84. The minimum atomic E-state index is 0.610. The topological polar surface area (TPSA) is 54.7 Å². The first-order chi connectivity index (χ1) is 10.4. The molecule has 3 aromatic heterocycles. The van der Waals surface area contributed by atoms with E-state index in [9.17, 15) is 0 Å². The molecule has 5 heteroatoms. The summed E-state index contributed by atoms with van der Waals surface area (Å²) < 4.78 is 5.72. The number of nitrogens with zero attached hydrogens (tertiary/aromatic N) is 2. The lowest BCUT2D eigenvalue weighted by Crippen LogP contribution is -1.90. The van der Waals surface area contributed by atoms with E-state index in [0.717, 1.165) is 23.2 Å². The molecule has 0 aliphatic heterocycles. The summed E-state index contributed by atoms with van der Waals surface area (Å²) in [6, 6.07) is 12.3. The minimum Gasteiger partial charge on any atom is -0.420 e. The molecular formula is C16H13N3OS. The van der Waals surface area contributed by atoms with Crippen LogP contribution in [0.25, 0.3) is 21.7 Å². The first-order valence-corrected chi connectivity index (χ1v) is 7.69. The van der Waals surface area contributed by atoms with Gasteiger partial charge in [0.25, 0.3) is 5.89 Å². The van der Waals surface area contributed by atoms with E-state index in [-0.39, 0.29) is 0 Å². The number of hydrogen-bond acceptors (Lipinski definition) is 4. The molecule has 0 spiro atoms. The van der Waals surface area contributed by atoms with Gasteiger partial charge in [-0.25, -0.2) is 0 Å². The summed E-state index contributed by atoms with van der Waals surface area (Å²) in [7, 11) is 0. The molecule has 0 saturated carbocycles. The Morgan fingerprint density at radius 2 is 2.00 bits per heavy atom. The summed E-state index contributed by atoms with van der Waals surface area (Å²) in [6.45, 7) is 0. The SMILES string of the molecule is c1csc(-c2nnc(CCc3c[nH]c4ccccc34)o2)c1. The van der Waals surface area contributed by atoms with Crippen LogP contribution in [-0.4, -0.2) is 15.2 Å². The quantitative estimate of drug-likeness (QED) is 0.617. The number of para-hydroxylation sites is 1. The summed E-state index contributed by atoms with van der Waals surface area (Å²) in [5.74, 6) is 1.29. The van der Waals surface area contributed by atoms with E-state index in [4.69, 9.17) is 4.42 Å². The van der Waals surface area contributed by atoms with Gasteiger partial charge in [-0.2, -0.15) is 0 Å². The van der Waals surface area contributed by atoms with Gasteiger partial charge in [-0.1, -0.05) is 24.3 Å². The van der Waals surface area contributed by atoms with Crippen molar-refractivity contribution in [3.8, 4) is 10.8 Å². The largest absolute Gasteiger partial charge is 0.420 e. The molecule has 0 radical (unpaired) electrons. The van der Waals surface area contributed by atoms with Gasteiger partial charge in [0.2, 0.25) is 5.89 Å². The van der Waals surface area contributed by atoms with Crippen molar-refractivity contribution in [3.63, 3.8) is 0 Å². The highest BCUT2D eigenvalue weighted by Gasteiger charge is 2.10. The molecule has 0 saturated heterocycles. The van der Waals surface area contributed by atoms with Gasteiger partial charge in [-0.3, -0.25) is 0 Å². The zero-order valence-electron chi connectivity index (χ0n) is 11.2. The molecule has 0 amide bonds. The van der Waals surface area contributed by atoms with Crippen molar-refractivity contribution < 1.29 is 4.42 Å². The Morgan fingerprint density at radius 3 is 2.90 bits per heavy atom. The molecule has 0 aliphatic carbocycles. The molecular weight excluding hydrogens is 282 g/mol. The lowest BCUT2D eigenvalue weighted by molar-refractivity contribution is 0.506. The van der Waals surface area contributed by atoms with Crippen LogP contribution in [0.4, 0.5) is 0 Å². The molecule has 4 rings (SSSR count). The fourth-order valence-corrected chi connectivity index (χ4v) is 3.08. The number of H-pyrrole nitrogens is 1. The average Bonchev–Trinajstić information content (AvgIpc) is 3.25. The van der Waals surface area contributed by atoms with Crippen molar-refractivity contribution >= 4 is 22.2 Å². The first kappa shape index (κ1) is 12.3. The zero-order valence-corrected chi connectivity index (χ0v) is 12.1. The van der Waals surface area contributed by atoms with Gasteiger partial charge in [-0.05, 0) is 29.5 Å². The standard InChI is InChI=1S/C16H13N3OS/c1-2-5-13-12(4-1)11(10-17-13)7-8-15-18-19-16(20-15)14-6-3-9-21-14/h1-6,9-10,17H,7-8H2. The van der Waals surface area contributed by atoms with Crippen LogP contribution in [0.5, 0.6) is 0 Å². The van der Waals surface area contributed by atoms with Crippen molar-refractivity contribution in [2.75, 3.05) is 0 Å². The van der Waals surface area contributed by atoms with Crippen LogP contribution in [0.1, 0.15) is 11.5 Å². The fraction of sp³-hybridized carbons (Fsp3) is 0.125. The Balaban J connectivity index is 1.52. The van der Waals surface area contributed by atoms with Crippen molar-refractivity contribution in [2.45, 2.75) is 12.8 Å². The number of fused-ring (bicyclic) bond motifs is 1. The Labute approximate surface area is 125 Å². The molecule has 4 aromatic rings. The Morgan fingerprint density at radius 1 is 1.05 bits per heavy atom. The lowest BCUT2D eigenvalue weighted by Gasteiger charge is -1.96. The number of nitrogens with one attached hydrogen (secondary N) is 1. The van der Waals surface area contributed by atoms with E-state index in [1.165, 1.54) is 10.9 Å². The molecule has 1 aromatic carbocycles. The highest BCUT2D eigenvalue weighted by molar-refractivity contribution is 7.13. The van der Waals surface area contributed by atoms with Gasteiger partial charge >= 0.3 is 0 Å². The molecule has 3 heterocycles. The fourth-order valence-electron chi connectivity index (χ4n) is 2.43. The van der Waals surface area contributed by atoms with Gasteiger partial charge in [-0.15, -0.1) is 21.5 Å². The number of aryl methyl sites for hydroxylation is 2. The summed E-state index contributed by atoms with van der Waals surface area (Å²) >= 11 is 1.61. The first-order valence-electron chi connectivity index (χ1n) is 6.81. The number of aromatic nitrogens is 3. The predicted octanol–water partition coefficient (Wildman–Crippen LogP) is 4.06. The monoisotopic (exact) mass is 295 g/mol. The summed E-state index contributed by atoms with van der Waals surface area (Å²) in [5.41, 5.74) is 2.44. The highest BCUT2D eigenvalue weighted by Crippen LogP contribution is 2.24. The number of hydrogen-bond donors (Lipinski definition) is 1. The molecule has 0 bridgehead atoms. The van der Waals surface area contributed by atoms with E-state index in [2.05, 4.69) is 39.6 Å². The third-order valence-corrected chi connectivity index (χ3v) is 4.34. The van der Waals surface area contributed by atoms with Crippen LogP contribution in [0.2, 0.25) is 0 Å². The van der Waals surface area contributed by atoms with Crippen LogP contribution in [0, 0.1) is 0 Å². The second-order valence-corrected chi connectivity index (χ2v) is 5.79. The van der Waals surface area contributed by atoms with E-state index in [1.54, 1.807) is 11.3 Å². The summed E-state index contributed by atoms with van der Waals surface area (Å²) in [4.78, 5) is 4.30. The minimum absolute atomic E-state index is 0.610. The third-order valence-electron chi connectivity index (χ3n) is 3.48. The van der Waals surface area contributed by atoms with E-state index in [0.29, 0.717) is 11.8 Å². The lowest BCUT2D eigenvalue weighted by atomic mass is 10.1. The maximum absolute atomic E-state index is 5.72. The normalized spacial score (nSPS) is 11.2. The maximum atomic E-state index is 5.72.